The number of nitrogens with zero attached hydrogens (tertiary/aromatic N) is 1. The second kappa shape index (κ2) is 6.71. The van der Waals surface area contributed by atoms with Gasteiger partial charge in [-0.15, -0.1) is 0 Å². The van der Waals surface area contributed by atoms with Gasteiger partial charge in [0.15, 0.2) is 0 Å². The van der Waals surface area contributed by atoms with E-state index in [2.05, 4.69) is 36.3 Å². The van der Waals surface area contributed by atoms with Gasteiger partial charge in [-0.05, 0) is 44.6 Å². The Labute approximate surface area is 117 Å². The van der Waals surface area contributed by atoms with E-state index in [1.54, 1.807) is 0 Å². The van der Waals surface area contributed by atoms with Crippen molar-refractivity contribution >= 4 is 5.91 Å². The van der Waals surface area contributed by atoms with Crippen LogP contribution in [0.1, 0.15) is 40.0 Å². The van der Waals surface area contributed by atoms with Gasteiger partial charge in [-0.2, -0.15) is 0 Å². The van der Waals surface area contributed by atoms with E-state index in [0.717, 1.165) is 37.8 Å². The van der Waals surface area contributed by atoms with Gasteiger partial charge >= 0.3 is 0 Å². The molecule has 0 bridgehead atoms. The molecule has 3 unspecified atom stereocenters. The van der Waals surface area contributed by atoms with E-state index in [0.29, 0.717) is 0 Å². The number of likely N-dealkylation sites (tertiary alicyclic amines) is 1. The number of hydrogen-bond donors (Lipinski definition) is 2. The molecule has 0 aromatic rings. The van der Waals surface area contributed by atoms with Gasteiger partial charge in [-0.1, -0.05) is 13.8 Å². The van der Waals surface area contributed by atoms with Crippen molar-refractivity contribution in [3.63, 3.8) is 0 Å². The van der Waals surface area contributed by atoms with Gasteiger partial charge in [0.1, 0.15) is 0 Å². The van der Waals surface area contributed by atoms with Gasteiger partial charge in [0.05, 0.1) is 6.04 Å². The fourth-order valence-corrected chi connectivity index (χ4v) is 3.63. The van der Waals surface area contributed by atoms with Gasteiger partial charge in [-0.3, -0.25) is 4.79 Å². The summed E-state index contributed by atoms with van der Waals surface area (Å²) < 4.78 is 0. The Morgan fingerprint density at radius 2 is 2.05 bits per heavy atom. The minimum Gasteiger partial charge on any atom is -0.351 e. The molecule has 0 aliphatic carbocycles. The second-order valence-electron chi connectivity index (χ2n) is 6.72. The normalized spacial score (nSPS) is 34.2. The molecule has 2 heterocycles. The first kappa shape index (κ1) is 14.8. The third-order valence-corrected chi connectivity index (χ3v) is 4.24. The van der Waals surface area contributed by atoms with Crippen molar-refractivity contribution in [1.29, 1.82) is 0 Å². The topological polar surface area (TPSA) is 44.4 Å². The molecular weight excluding hydrogens is 238 g/mol. The van der Waals surface area contributed by atoms with Crippen LogP contribution in [-0.4, -0.2) is 49.1 Å². The summed E-state index contributed by atoms with van der Waals surface area (Å²) in [6.07, 6.45) is 3.44. The Morgan fingerprint density at radius 3 is 2.63 bits per heavy atom. The molecule has 4 nitrogen and oxygen atoms in total. The molecule has 0 aromatic carbocycles. The molecule has 0 saturated carbocycles. The summed E-state index contributed by atoms with van der Waals surface area (Å²) in [5, 5.41) is 6.41. The lowest BCUT2D eigenvalue weighted by Crippen LogP contribution is -2.50. The van der Waals surface area contributed by atoms with Crippen LogP contribution in [0.5, 0.6) is 0 Å². The molecule has 1 amide bonds. The standard InChI is InChI=1S/C15H29N3O/c1-11-7-12(2)9-18(8-11)10-13(3)17-15(19)14-5-4-6-16-14/h11-14,16H,4-10H2,1-3H3,(H,17,19)/t11?,12?,13?,14-/m0/s1. The van der Waals surface area contributed by atoms with Gasteiger partial charge < -0.3 is 15.5 Å². The van der Waals surface area contributed by atoms with Crippen molar-refractivity contribution in [3.8, 4) is 0 Å². The zero-order valence-electron chi connectivity index (χ0n) is 12.6. The van der Waals surface area contributed by atoms with E-state index in [4.69, 9.17) is 0 Å². The Morgan fingerprint density at radius 1 is 1.37 bits per heavy atom. The summed E-state index contributed by atoms with van der Waals surface area (Å²) in [7, 11) is 0. The quantitative estimate of drug-likeness (QED) is 0.805. The first-order valence-corrected chi connectivity index (χ1v) is 7.80. The first-order chi connectivity index (χ1) is 9.04. The lowest BCUT2D eigenvalue weighted by Gasteiger charge is -2.36. The molecule has 2 rings (SSSR count). The van der Waals surface area contributed by atoms with Gasteiger partial charge in [0.2, 0.25) is 5.91 Å². The van der Waals surface area contributed by atoms with E-state index in [9.17, 15) is 4.79 Å². The Kier molecular flexibility index (Phi) is 5.22. The highest BCUT2D eigenvalue weighted by Gasteiger charge is 2.26. The molecule has 2 fully saturated rings. The molecule has 2 saturated heterocycles. The lowest BCUT2D eigenvalue weighted by atomic mass is 9.92. The maximum Gasteiger partial charge on any atom is 0.237 e. The van der Waals surface area contributed by atoms with Crippen LogP contribution in [0.3, 0.4) is 0 Å². The fourth-order valence-electron chi connectivity index (χ4n) is 3.63. The van der Waals surface area contributed by atoms with Crippen LogP contribution in [0.2, 0.25) is 0 Å². The van der Waals surface area contributed by atoms with Crippen molar-refractivity contribution in [2.24, 2.45) is 11.8 Å². The monoisotopic (exact) mass is 267 g/mol. The maximum absolute atomic E-state index is 12.0. The third-order valence-electron chi connectivity index (χ3n) is 4.24. The molecule has 2 N–H and O–H groups in total. The van der Waals surface area contributed by atoms with Crippen molar-refractivity contribution in [3.05, 3.63) is 0 Å². The SMILES string of the molecule is CC1CC(C)CN(CC(C)NC(=O)[C@@H]2CCCN2)C1. The highest BCUT2D eigenvalue weighted by atomic mass is 16.2. The summed E-state index contributed by atoms with van der Waals surface area (Å²) in [6.45, 7) is 11.1. The van der Waals surface area contributed by atoms with E-state index < -0.39 is 0 Å². The largest absolute Gasteiger partial charge is 0.351 e. The van der Waals surface area contributed by atoms with Crippen LogP contribution in [0.15, 0.2) is 0 Å². The van der Waals surface area contributed by atoms with Gasteiger partial charge in [-0.25, -0.2) is 0 Å². The van der Waals surface area contributed by atoms with Crippen molar-refractivity contribution in [1.82, 2.24) is 15.5 Å². The highest BCUT2D eigenvalue weighted by molar-refractivity contribution is 5.82. The Balaban J connectivity index is 1.74. The molecule has 2 aliphatic heterocycles. The van der Waals surface area contributed by atoms with Crippen LogP contribution in [0.4, 0.5) is 0 Å². The molecule has 2 aliphatic rings. The summed E-state index contributed by atoms with van der Waals surface area (Å²) in [4.78, 5) is 14.5. The molecule has 0 aromatic heterocycles. The van der Waals surface area contributed by atoms with Crippen LogP contribution in [0, 0.1) is 11.8 Å². The molecule has 0 spiro atoms. The predicted octanol–water partition coefficient (Wildman–Crippen LogP) is 1.22. The second-order valence-corrected chi connectivity index (χ2v) is 6.72. The van der Waals surface area contributed by atoms with Gasteiger partial charge in [0, 0.05) is 25.7 Å². The molecule has 19 heavy (non-hydrogen) atoms. The predicted molar refractivity (Wildman–Crippen MR) is 78.0 cm³/mol. The Bertz CT molecular complexity index is 292. The number of carbonyl (C=O) groups is 1. The average molecular weight is 267 g/mol. The number of hydrogen-bond acceptors (Lipinski definition) is 3. The maximum atomic E-state index is 12.0. The minimum absolute atomic E-state index is 0.0432. The minimum atomic E-state index is 0.0432. The van der Waals surface area contributed by atoms with E-state index in [1.165, 1.54) is 19.5 Å². The molecule has 4 atom stereocenters. The molecule has 0 radical (unpaired) electrons. The average Bonchev–Trinajstić information content (AvgIpc) is 2.80. The summed E-state index contributed by atoms with van der Waals surface area (Å²) in [6, 6.07) is 0.286. The summed E-state index contributed by atoms with van der Waals surface area (Å²) >= 11 is 0. The zero-order chi connectivity index (χ0) is 13.8. The lowest BCUT2D eigenvalue weighted by molar-refractivity contribution is -0.123. The third kappa shape index (κ3) is 4.46. The number of amides is 1. The molecular formula is C15H29N3O. The number of nitrogens with one attached hydrogen (secondary N) is 2. The molecule has 110 valence electrons. The van der Waals surface area contributed by atoms with Crippen LogP contribution in [-0.2, 0) is 4.79 Å². The number of rotatable bonds is 4. The van der Waals surface area contributed by atoms with E-state index in [-0.39, 0.29) is 18.0 Å². The number of piperidine rings is 1. The highest BCUT2D eigenvalue weighted by Crippen LogP contribution is 2.20. The van der Waals surface area contributed by atoms with Crippen LogP contribution in [0.25, 0.3) is 0 Å². The fraction of sp³-hybridized carbons (Fsp3) is 0.933. The van der Waals surface area contributed by atoms with Crippen molar-refractivity contribution in [2.75, 3.05) is 26.2 Å². The van der Waals surface area contributed by atoms with E-state index >= 15 is 0 Å². The van der Waals surface area contributed by atoms with E-state index in [1.807, 2.05) is 0 Å². The summed E-state index contributed by atoms with van der Waals surface area (Å²) in [5.41, 5.74) is 0. The van der Waals surface area contributed by atoms with Crippen molar-refractivity contribution < 1.29 is 4.79 Å². The van der Waals surface area contributed by atoms with Crippen molar-refractivity contribution in [2.45, 2.75) is 52.1 Å². The smallest absolute Gasteiger partial charge is 0.237 e. The summed E-state index contributed by atoms with van der Waals surface area (Å²) in [5.74, 6) is 1.74. The zero-order valence-corrected chi connectivity index (χ0v) is 12.6. The molecule has 4 heteroatoms. The van der Waals surface area contributed by atoms with Gasteiger partial charge in [0.25, 0.3) is 0 Å². The Hall–Kier alpha value is -0.610. The number of carbonyl (C=O) groups excluding carboxylic acids is 1. The van der Waals surface area contributed by atoms with Crippen LogP contribution < -0.4 is 10.6 Å². The first-order valence-electron chi connectivity index (χ1n) is 7.80. The van der Waals surface area contributed by atoms with Crippen LogP contribution >= 0.6 is 0 Å².